The van der Waals surface area contributed by atoms with E-state index in [1.165, 1.54) is 38.5 Å². The Kier molecular flexibility index (Phi) is 3.19. The molecule has 3 heteroatoms. The maximum absolute atomic E-state index is 12.3. The van der Waals surface area contributed by atoms with E-state index < -0.39 is 0 Å². The van der Waals surface area contributed by atoms with Gasteiger partial charge in [-0.1, -0.05) is 19.3 Å². The quantitative estimate of drug-likeness (QED) is 0.828. The number of ether oxygens (including phenoxy) is 1. The lowest BCUT2D eigenvalue weighted by molar-refractivity contribution is -0.127. The van der Waals surface area contributed by atoms with Gasteiger partial charge in [0.05, 0.1) is 0 Å². The highest BCUT2D eigenvalue weighted by Gasteiger charge is 2.53. The van der Waals surface area contributed by atoms with Gasteiger partial charge < -0.3 is 10.1 Å². The molecule has 0 heterocycles. The minimum Gasteiger partial charge on any atom is -0.443 e. The van der Waals surface area contributed by atoms with Gasteiger partial charge in [0.2, 0.25) is 0 Å². The summed E-state index contributed by atoms with van der Waals surface area (Å²) in [6.07, 6.45) is 13.6. The molecule has 0 spiro atoms. The third-order valence-corrected chi connectivity index (χ3v) is 6.22. The molecule has 5 fully saturated rings. The van der Waals surface area contributed by atoms with Gasteiger partial charge in [0.25, 0.3) is 0 Å². The molecule has 0 aromatic rings. The normalized spacial score (nSPS) is 43.5. The standard InChI is InChI=1S/C17H27NO2/c19-16(18-15-4-2-1-3-5-15)20-17-9-12-6-13(10-17)8-14(7-12)11-17/h12-15H,1-11H2,(H,18,19). The van der Waals surface area contributed by atoms with E-state index in [4.69, 9.17) is 4.74 Å². The molecule has 20 heavy (non-hydrogen) atoms. The Balaban J connectivity index is 1.37. The minimum absolute atomic E-state index is 0.0898. The first-order chi connectivity index (χ1) is 9.71. The number of alkyl carbamates (subject to hydrolysis) is 1. The van der Waals surface area contributed by atoms with Crippen LogP contribution in [0.15, 0.2) is 0 Å². The van der Waals surface area contributed by atoms with Gasteiger partial charge in [0.1, 0.15) is 5.60 Å². The zero-order valence-corrected chi connectivity index (χ0v) is 12.4. The minimum atomic E-state index is -0.126. The Morgan fingerprint density at radius 3 is 2.00 bits per heavy atom. The molecule has 0 aromatic heterocycles. The Bertz CT molecular complexity index is 351. The van der Waals surface area contributed by atoms with E-state index in [0.717, 1.165) is 49.9 Å². The number of carbonyl (C=O) groups is 1. The molecule has 5 aliphatic rings. The van der Waals surface area contributed by atoms with Crippen LogP contribution < -0.4 is 5.32 Å². The lowest BCUT2D eigenvalue weighted by Gasteiger charge is -2.55. The summed E-state index contributed by atoms with van der Waals surface area (Å²) in [6.45, 7) is 0. The second-order valence-corrected chi connectivity index (χ2v) is 7.97. The van der Waals surface area contributed by atoms with Crippen molar-refractivity contribution in [1.82, 2.24) is 5.32 Å². The molecular formula is C17H27NO2. The highest BCUT2D eigenvalue weighted by molar-refractivity contribution is 5.68. The van der Waals surface area contributed by atoms with Gasteiger partial charge >= 0.3 is 6.09 Å². The number of hydrogen-bond acceptors (Lipinski definition) is 2. The zero-order valence-electron chi connectivity index (χ0n) is 12.4. The van der Waals surface area contributed by atoms with Crippen molar-refractivity contribution in [3.8, 4) is 0 Å². The van der Waals surface area contributed by atoms with E-state index >= 15 is 0 Å². The van der Waals surface area contributed by atoms with Crippen LogP contribution in [0.4, 0.5) is 4.79 Å². The van der Waals surface area contributed by atoms with Crippen molar-refractivity contribution in [2.45, 2.75) is 82.3 Å². The van der Waals surface area contributed by atoms with E-state index in [1.54, 1.807) is 0 Å². The smallest absolute Gasteiger partial charge is 0.407 e. The fourth-order valence-electron chi connectivity index (χ4n) is 5.80. The van der Waals surface area contributed by atoms with Crippen LogP contribution in [0.5, 0.6) is 0 Å². The van der Waals surface area contributed by atoms with Gasteiger partial charge in [-0.2, -0.15) is 0 Å². The lowest BCUT2D eigenvalue weighted by atomic mass is 9.54. The van der Waals surface area contributed by atoms with E-state index in [1.807, 2.05) is 0 Å². The molecule has 5 saturated carbocycles. The summed E-state index contributed by atoms with van der Waals surface area (Å²) in [5, 5.41) is 3.13. The molecule has 0 unspecified atom stereocenters. The number of nitrogens with one attached hydrogen (secondary N) is 1. The van der Waals surface area contributed by atoms with E-state index in [0.29, 0.717) is 6.04 Å². The summed E-state index contributed by atoms with van der Waals surface area (Å²) in [5.74, 6) is 2.51. The molecule has 0 aromatic carbocycles. The number of rotatable bonds is 2. The van der Waals surface area contributed by atoms with Crippen molar-refractivity contribution >= 4 is 6.09 Å². The maximum atomic E-state index is 12.3. The Labute approximate surface area is 121 Å². The van der Waals surface area contributed by atoms with Crippen molar-refractivity contribution in [2.24, 2.45) is 17.8 Å². The van der Waals surface area contributed by atoms with Crippen LogP contribution in [-0.2, 0) is 4.74 Å². The van der Waals surface area contributed by atoms with Crippen molar-refractivity contribution in [3.63, 3.8) is 0 Å². The van der Waals surface area contributed by atoms with Gasteiger partial charge in [0.15, 0.2) is 0 Å². The molecule has 1 N–H and O–H groups in total. The molecule has 0 atom stereocenters. The van der Waals surface area contributed by atoms with Crippen LogP contribution in [0.3, 0.4) is 0 Å². The van der Waals surface area contributed by atoms with E-state index in [9.17, 15) is 4.79 Å². The Hall–Kier alpha value is -0.730. The van der Waals surface area contributed by atoms with Gasteiger partial charge in [-0.15, -0.1) is 0 Å². The Morgan fingerprint density at radius 2 is 1.45 bits per heavy atom. The largest absolute Gasteiger partial charge is 0.443 e. The molecule has 0 radical (unpaired) electrons. The highest BCUT2D eigenvalue weighted by Crippen LogP contribution is 2.57. The van der Waals surface area contributed by atoms with Crippen LogP contribution in [0, 0.1) is 17.8 Å². The van der Waals surface area contributed by atoms with Gasteiger partial charge in [-0.25, -0.2) is 4.79 Å². The fourth-order valence-corrected chi connectivity index (χ4v) is 5.80. The summed E-state index contributed by atoms with van der Waals surface area (Å²) in [4.78, 5) is 12.3. The van der Waals surface area contributed by atoms with Gasteiger partial charge in [0, 0.05) is 6.04 Å². The van der Waals surface area contributed by atoms with Crippen LogP contribution in [-0.4, -0.2) is 17.7 Å². The molecule has 1 amide bonds. The van der Waals surface area contributed by atoms with Crippen LogP contribution in [0.2, 0.25) is 0 Å². The Morgan fingerprint density at radius 1 is 0.900 bits per heavy atom. The van der Waals surface area contributed by atoms with Gasteiger partial charge in [-0.3, -0.25) is 0 Å². The average molecular weight is 277 g/mol. The molecule has 3 nitrogen and oxygen atoms in total. The third-order valence-electron chi connectivity index (χ3n) is 6.22. The molecule has 5 aliphatic carbocycles. The van der Waals surface area contributed by atoms with Crippen molar-refractivity contribution in [2.75, 3.05) is 0 Å². The highest BCUT2D eigenvalue weighted by atomic mass is 16.6. The van der Waals surface area contributed by atoms with Crippen molar-refractivity contribution in [3.05, 3.63) is 0 Å². The maximum Gasteiger partial charge on any atom is 0.407 e. The van der Waals surface area contributed by atoms with Gasteiger partial charge in [-0.05, 0) is 69.1 Å². The second kappa shape index (κ2) is 4.92. The summed E-state index contributed by atoms with van der Waals surface area (Å²) in [5.41, 5.74) is -0.0898. The molecular weight excluding hydrogens is 250 g/mol. The summed E-state index contributed by atoms with van der Waals surface area (Å²) < 4.78 is 6.00. The predicted molar refractivity (Wildman–Crippen MR) is 77.4 cm³/mol. The first kappa shape index (κ1) is 13.0. The first-order valence-corrected chi connectivity index (χ1v) is 8.70. The average Bonchev–Trinajstić information content (AvgIpc) is 2.37. The van der Waals surface area contributed by atoms with Crippen molar-refractivity contribution < 1.29 is 9.53 Å². The molecule has 0 aliphatic heterocycles. The molecule has 4 bridgehead atoms. The molecule has 0 saturated heterocycles. The predicted octanol–water partition coefficient (Wildman–Crippen LogP) is 4.01. The van der Waals surface area contributed by atoms with Crippen LogP contribution in [0.1, 0.15) is 70.6 Å². The van der Waals surface area contributed by atoms with Crippen molar-refractivity contribution in [1.29, 1.82) is 0 Å². The first-order valence-electron chi connectivity index (χ1n) is 8.70. The van der Waals surface area contributed by atoms with Crippen LogP contribution >= 0.6 is 0 Å². The SMILES string of the molecule is O=C(NC1CCCCC1)OC12CC3CC(CC(C3)C1)C2. The van der Waals surface area contributed by atoms with E-state index in [-0.39, 0.29) is 11.7 Å². The second-order valence-electron chi connectivity index (χ2n) is 7.97. The van der Waals surface area contributed by atoms with Crippen LogP contribution in [0.25, 0.3) is 0 Å². The van der Waals surface area contributed by atoms with E-state index in [2.05, 4.69) is 5.32 Å². The number of carbonyl (C=O) groups excluding carboxylic acids is 1. The fraction of sp³-hybridized carbons (Fsp3) is 0.941. The zero-order chi connectivity index (χ0) is 13.6. The summed E-state index contributed by atoms with van der Waals surface area (Å²) >= 11 is 0. The summed E-state index contributed by atoms with van der Waals surface area (Å²) in [7, 11) is 0. The lowest BCUT2D eigenvalue weighted by Crippen LogP contribution is -2.54. The topological polar surface area (TPSA) is 38.3 Å². The monoisotopic (exact) mass is 277 g/mol. The molecule has 5 rings (SSSR count). The molecule has 112 valence electrons. The number of hydrogen-bond donors (Lipinski definition) is 1. The summed E-state index contributed by atoms with van der Waals surface area (Å²) in [6, 6.07) is 0.366. The third kappa shape index (κ3) is 2.44. The number of amides is 1.